The van der Waals surface area contributed by atoms with Gasteiger partial charge in [0, 0.05) is 19.6 Å². The highest BCUT2D eigenvalue weighted by Crippen LogP contribution is 2.24. The number of aryl methyl sites for hydroxylation is 1. The van der Waals surface area contributed by atoms with E-state index in [0.717, 1.165) is 43.7 Å². The fourth-order valence-electron chi connectivity index (χ4n) is 3.91. The van der Waals surface area contributed by atoms with Crippen molar-refractivity contribution >= 4 is 11.7 Å². The predicted octanol–water partition coefficient (Wildman–Crippen LogP) is 4.17. The minimum atomic E-state index is -0.198. The van der Waals surface area contributed by atoms with E-state index in [9.17, 15) is 4.79 Å². The van der Waals surface area contributed by atoms with Crippen molar-refractivity contribution in [3.05, 3.63) is 89.1 Å². The molecule has 5 nitrogen and oxygen atoms in total. The molecule has 5 heteroatoms. The smallest absolute Gasteiger partial charge is 0.272 e. The number of carbonyl (C=O) groups excluding carboxylic acids is 1. The molecule has 154 valence electrons. The van der Waals surface area contributed by atoms with Crippen molar-refractivity contribution in [3.8, 4) is 0 Å². The van der Waals surface area contributed by atoms with Crippen LogP contribution in [0.1, 0.15) is 40.0 Å². The topological polar surface area (TPSA) is 58.1 Å². The van der Waals surface area contributed by atoms with E-state index in [1.165, 1.54) is 11.1 Å². The van der Waals surface area contributed by atoms with Gasteiger partial charge >= 0.3 is 0 Å². The van der Waals surface area contributed by atoms with Crippen molar-refractivity contribution < 1.29 is 4.79 Å². The van der Waals surface area contributed by atoms with E-state index < -0.39 is 0 Å². The Kier molecular flexibility index (Phi) is 6.38. The molecule has 0 unspecified atom stereocenters. The second-order valence-corrected chi connectivity index (χ2v) is 8.07. The molecule has 2 heterocycles. The summed E-state index contributed by atoms with van der Waals surface area (Å²) in [5.41, 5.74) is 4.04. The Labute approximate surface area is 178 Å². The van der Waals surface area contributed by atoms with Gasteiger partial charge in [-0.05, 0) is 55.4 Å². The molecule has 1 saturated heterocycles. The minimum absolute atomic E-state index is 0.198. The Morgan fingerprint density at radius 3 is 2.33 bits per heavy atom. The molecule has 1 fully saturated rings. The number of piperidine rings is 1. The van der Waals surface area contributed by atoms with Gasteiger partial charge in [0.05, 0.1) is 0 Å². The number of benzene rings is 2. The molecule has 0 saturated carbocycles. The zero-order chi connectivity index (χ0) is 20.8. The largest absolute Gasteiger partial charge is 0.355 e. The highest BCUT2D eigenvalue weighted by Gasteiger charge is 2.21. The predicted molar refractivity (Wildman–Crippen MR) is 119 cm³/mol. The highest BCUT2D eigenvalue weighted by atomic mass is 16.1. The summed E-state index contributed by atoms with van der Waals surface area (Å²) in [4.78, 5) is 14.6. The van der Waals surface area contributed by atoms with Gasteiger partial charge in [-0.15, -0.1) is 10.2 Å². The van der Waals surface area contributed by atoms with Crippen molar-refractivity contribution in [1.29, 1.82) is 0 Å². The monoisotopic (exact) mass is 400 g/mol. The van der Waals surface area contributed by atoms with Crippen molar-refractivity contribution in [1.82, 2.24) is 15.5 Å². The van der Waals surface area contributed by atoms with Crippen LogP contribution in [0.25, 0.3) is 0 Å². The fraction of sp³-hybridized carbons (Fsp3) is 0.320. The molecule has 0 bridgehead atoms. The number of nitrogens with zero attached hydrogens (tertiary/aromatic N) is 3. The number of amides is 1. The third-order valence-electron chi connectivity index (χ3n) is 5.76. The lowest BCUT2D eigenvalue weighted by molar-refractivity contribution is 0.0945. The lowest BCUT2D eigenvalue weighted by Crippen LogP contribution is -2.35. The first-order chi connectivity index (χ1) is 14.7. The van der Waals surface area contributed by atoms with E-state index in [2.05, 4.69) is 50.7 Å². The molecule has 1 aromatic heterocycles. The first-order valence-corrected chi connectivity index (χ1v) is 10.6. The van der Waals surface area contributed by atoms with Crippen LogP contribution in [0, 0.1) is 12.8 Å². The molecule has 30 heavy (non-hydrogen) atoms. The molecule has 3 aromatic rings. The molecule has 1 aliphatic heterocycles. The Bertz CT molecular complexity index is 947. The molecule has 4 rings (SSSR count). The number of hydrogen-bond acceptors (Lipinski definition) is 4. The third-order valence-corrected chi connectivity index (χ3v) is 5.76. The number of aromatic nitrogens is 2. The summed E-state index contributed by atoms with van der Waals surface area (Å²) in [6.07, 6.45) is 3.44. The van der Waals surface area contributed by atoms with Gasteiger partial charge < -0.3 is 10.2 Å². The lowest BCUT2D eigenvalue weighted by Gasteiger charge is -2.32. The van der Waals surface area contributed by atoms with Crippen LogP contribution >= 0.6 is 0 Å². The summed E-state index contributed by atoms with van der Waals surface area (Å²) >= 11 is 0. The summed E-state index contributed by atoms with van der Waals surface area (Å²) in [5.74, 6) is 1.36. The Morgan fingerprint density at radius 1 is 0.933 bits per heavy atom. The molecule has 1 amide bonds. The summed E-state index contributed by atoms with van der Waals surface area (Å²) in [6.45, 7) is 4.49. The van der Waals surface area contributed by atoms with Crippen molar-refractivity contribution in [2.75, 3.05) is 18.0 Å². The molecule has 0 aliphatic carbocycles. The van der Waals surface area contributed by atoms with E-state index >= 15 is 0 Å². The maximum Gasteiger partial charge on any atom is 0.272 e. The number of anilines is 1. The van der Waals surface area contributed by atoms with Gasteiger partial charge in [-0.3, -0.25) is 4.79 Å². The summed E-state index contributed by atoms with van der Waals surface area (Å²) < 4.78 is 0. The first-order valence-electron chi connectivity index (χ1n) is 10.6. The van der Waals surface area contributed by atoms with E-state index in [-0.39, 0.29) is 5.91 Å². The number of carbonyl (C=O) groups is 1. The second-order valence-electron chi connectivity index (χ2n) is 8.07. The Morgan fingerprint density at radius 2 is 1.67 bits per heavy atom. The Hall–Kier alpha value is -3.21. The maximum atomic E-state index is 12.4. The van der Waals surface area contributed by atoms with Crippen molar-refractivity contribution in [3.63, 3.8) is 0 Å². The van der Waals surface area contributed by atoms with Crippen LogP contribution in [0.2, 0.25) is 0 Å². The van der Waals surface area contributed by atoms with E-state index in [4.69, 9.17) is 0 Å². The molecule has 0 radical (unpaired) electrons. The van der Waals surface area contributed by atoms with Crippen molar-refractivity contribution in [2.24, 2.45) is 5.92 Å². The molecule has 0 atom stereocenters. The summed E-state index contributed by atoms with van der Waals surface area (Å²) in [5, 5.41) is 11.4. The maximum absolute atomic E-state index is 12.4. The third kappa shape index (κ3) is 5.23. The zero-order valence-corrected chi connectivity index (χ0v) is 17.4. The van der Waals surface area contributed by atoms with Crippen LogP contribution < -0.4 is 10.2 Å². The minimum Gasteiger partial charge on any atom is -0.355 e. The van der Waals surface area contributed by atoms with Gasteiger partial charge in [0.2, 0.25) is 0 Å². The summed E-state index contributed by atoms with van der Waals surface area (Å²) in [7, 11) is 0. The number of hydrogen-bond donors (Lipinski definition) is 1. The van der Waals surface area contributed by atoms with Crippen LogP contribution in [-0.4, -0.2) is 29.2 Å². The number of nitrogens with one attached hydrogen (secondary N) is 1. The fourth-order valence-corrected chi connectivity index (χ4v) is 3.91. The van der Waals surface area contributed by atoms with E-state index in [1.807, 2.05) is 37.3 Å². The van der Waals surface area contributed by atoms with Crippen LogP contribution in [0.3, 0.4) is 0 Å². The van der Waals surface area contributed by atoms with Gasteiger partial charge in [-0.25, -0.2) is 0 Å². The second kappa shape index (κ2) is 9.53. The zero-order valence-electron chi connectivity index (χ0n) is 17.4. The van der Waals surface area contributed by atoms with Crippen LogP contribution in [0.4, 0.5) is 5.82 Å². The summed E-state index contributed by atoms with van der Waals surface area (Å²) in [6, 6.07) is 22.5. The van der Waals surface area contributed by atoms with E-state index in [0.29, 0.717) is 18.2 Å². The SMILES string of the molecule is Cc1ccc(CNC(=O)c2ccc(N3CCC(Cc4ccccc4)CC3)nn2)cc1. The highest BCUT2D eigenvalue weighted by molar-refractivity contribution is 5.92. The van der Waals surface area contributed by atoms with Crippen molar-refractivity contribution in [2.45, 2.75) is 32.7 Å². The van der Waals surface area contributed by atoms with Gasteiger partial charge in [0.15, 0.2) is 11.5 Å². The van der Waals surface area contributed by atoms with Gasteiger partial charge in [-0.2, -0.15) is 0 Å². The van der Waals surface area contributed by atoms with Gasteiger partial charge in [0.25, 0.3) is 5.91 Å². The molecular weight excluding hydrogens is 372 g/mol. The average molecular weight is 401 g/mol. The average Bonchev–Trinajstić information content (AvgIpc) is 2.80. The standard InChI is InChI=1S/C25H28N4O/c1-19-7-9-22(10-8-19)18-26-25(30)23-11-12-24(28-27-23)29-15-13-21(14-16-29)17-20-5-3-2-4-6-20/h2-12,21H,13-18H2,1H3,(H,26,30). The van der Waals surface area contributed by atoms with Crippen LogP contribution in [0.5, 0.6) is 0 Å². The van der Waals surface area contributed by atoms with Gasteiger partial charge in [0.1, 0.15) is 0 Å². The van der Waals surface area contributed by atoms with Crippen LogP contribution in [0.15, 0.2) is 66.7 Å². The molecule has 1 N–H and O–H groups in total. The van der Waals surface area contributed by atoms with Gasteiger partial charge in [-0.1, -0.05) is 60.2 Å². The van der Waals surface area contributed by atoms with E-state index in [1.54, 1.807) is 6.07 Å². The number of rotatable bonds is 6. The normalized spacial score (nSPS) is 14.5. The Balaban J connectivity index is 1.27. The molecule has 0 spiro atoms. The van der Waals surface area contributed by atoms with Crippen LogP contribution in [-0.2, 0) is 13.0 Å². The molecular formula is C25H28N4O. The quantitative estimate of drug-likeness (QED) is 0.675. The molecule has 1 aliphatic rings. The first kappa shape index (κ1) is 20.1. The molecule has 2 aromatic carbocycles. The lowest BCUT2D eigenvalue weighted by atomic mass is 9.90.